The normalized spacial score (nSPS) is 24.6. The van der Waals surface area contributed by atoms with Crippen LogP contribution in [0.25, 0.3) is 0 Å². The van der Waals surface area contributed by atoms with Gasteiger partial charge in [0, 0.05) is 18.0 Å². The van der Waals surface area contributed by atoms with Gasteiger partial charge in [0.25, 0.3) is 0 Å². The van der Waals surface area contributed by atoms with Gasteiger partial charge in [-0.3, -0.25) is 4.90 Å². The Hall–Kier alpha value is -0.420. The summed E-state index contributed by atoms with van der Waals surface area (Å²) in [6, 6.07) is 2.18. The molecule has 0 aliphatic carbocycles. The molecular weight excluding hydrogens is 220 g/mol. The van der Waals surface area contributed by atoms with Gasteiger partial charge >= 0.3 is 0 Å². The van der Waals surface area contributed by atoms with Crippen LogP contribution in [0, 0.1) is 6.92 Å². The highest BCUT2D eigenvalue weighted by atomic mass is 32.1. The molecule has 1 fully saturated rings. The highest BCUT2D eigenvalue weighted by Gasteiger charge is 2.26. The number of nitrogens with zero attached hydrogens (tertiary/aromatic N) is 1. The first-order chi connectivity index (χ1) is 7.70. The summed E-state index contributed by atoms with van der Waals surface area (Å²) in [5, 5.41) is 2.15. The Morgan fingerprint density at radius 2 is 2.50 bits per heavy atom. The van der Waals surface area contributed by atoms with Crippen molar-refractivity contribution >= 4 is 11.3 Å². The van der Waals surface area contributed by atoms with E-state index < -0.39 is 0 Å². The summed E-state index contributed by atoms with van der Waals surface area (Å²) >= 11 is 1.75. The second-order valence-electron chi connectivity index (χ2n) is 4.32. The molecule has 0 saturated carbocycles. The molecule has 4 heteroatoms. The maximum absolute atomic E-state index is 6.25. The smallest absolute Gasteiger partial charge is 0.0895 e. The third kappa shape index (κ3) is 2.63. The van der Waals surface area contributed by atoms with E-state index in [0.29, 0.717) is 0 Å². The van der Waals surface area contributed by atoms with Crippen molar-refractivity contribution in [2.45, 2.75) is 26.0 Å². The molecular formula is C12H20N2OS. The van der Waals surface area contributed by atoms with Crippen molar-refractivity contribution in [1.82, 2.24) is 4.90 Å². The third-order valence-corrected chi connectivity index (χ3v) is 4.04. The van der Waals surface area contributed by atoms with Crippen molar-refractivity contribution < 1.29 is 4.74 Å². The molecule has 1 aliphatic rings. The maximum Gasteiger partial charge on any atom is 0.0895 e. The molecule has 1 saturated heterocycles. The summed E-state index contributed by atoms with van der Waals surface area (Å²) in [5.74, 6) is 0. The van der Waals surface area contributed by atoms with Crippen LogP contribution in [-0.4, -0.2) is 37.2 Å². The number of thiophene rings is 1. The van der Waals surface area contributed by atoms with Crippen molar-refractivity contribution in [3.63, 3.8) is 0 Å². The summed E-state index contributed by atoms with van der Waals surface area (Å²) in [7, 11) is 0. The van der Waals surface area contributed by atoms with Crippen LogP contribution < -0.4 is 5.73 Å². The minimum atomic E-state index is 0.0132. The van der Waals surface area contributed by atoms with Gasteiger partial charge in [0.2, 0.25) is 0 Å². The van der Waals surface area contributed by atoms with Gasteiger partial charge < -0.3 is 10.5 Å². The lowest BCUT2D eigenvalue weighted by molar-refractivity contribution is -0.0392. The molecule has 0 radical (unpaired) electrons. The van der Waals surface area contributed by atoms with Gasteiger partial charge in [-0.05, 0) is 30.5 Å². The largest absolute Gasteiger partial charge is 0.374 e. The van der Waals surface area contributed by atoms with E-state index in [1.165, 1.54) is 10.4 Å². The van der Waals surface area contributed by atoms with E-state index in [0.717, 1.165) is 26.2 Å². The average Bonchev–Trinajstić information content (AvgIpc) is 2.75. The minimum absolute atomic E-state index is 0.0132. The fourth-order valence-corrected chi connectivity index (χ4v) is 2.84. The Morgan fingerprint density at radius 3 is 3.12 bits per heavy atom. The molecule has 3 nitrogen and oxygen atoms in total. The maximum atomic E-state index is 6.25. The summed E-state index contributed by atoms with van der Waals surface area (Å²) in [6.07, 6.45) is 0.141. The van der Waals surface area contributed by atoms with Gasteiger partial charge in [-0.1, -0.05) is 6.92 Å². The molecule has 1 aliphatic heterocycles. The van der Waals surface area contributed by atoms with E-state index in [9.17, 15) is 0 Å². The Balaban J connectivity index is 2.01. The van der Waals surface area contributed by atoms with E-state index in [1.807, 2.05) is 0 Å². The Morgan fingerprint density at radius 1 is 1.69 bits per heavy atom. The Labute approximate surface area is 101 Å². The molecule has 2 N–H and O–H groups in total. The quantitative estimate of drug-likeness (QED) is 0.875. The molecule has 2 unspecified atom stereocenters. The van der Waals surface area contributed by atoms with Gasteiger partial charge in [-0.15, -0.1) is 11.3 Å². The second-order valence-corrected chi connectivity index (χ2v) is 5.43. The van der Waals surface area contributed by atoms with E-state index in [1.54, 1.807) is 11.3 Å². The first-order valence-corrected chi connectivity index (χ1v) is 6.73. The van der Waals surface area contributed by atoms with Crippen molar-refractivity contribution in [1.29, 1.82) is 0 Å². The fraction of sp³-hybridized carbons (Fsp3) is 0.667. The number of hydrogen-bond acceptors (Lipinski definition) is 4. The van der Waals surface area contributed by atoms with E-state index in [4.69, 9.17) is 10.5 Å². The Kier molecular flexibility index (Phi) is 3.97. The number of likely N-dealkylation sites (N-methyl/N-ethyl adjacent to an activating group) is 1. The molecule has 16 heavy (non-hydrogen) atoms. The zero-order chi connectivity index (χ0) is 11.5. The third-order valence-electron chi connectivity index (χ3n) is 3.16. The Bertz CT molecular complexity index is 340. The van der Waals surface area contributed by atoms with Crippen LogP contribution in [-0.2, 0) is 4.74 Å². The monoisotopic (exact) mass is 240 g/mol. The molecule has 0 bridgehead atoms. The summed E-state index contributed by atoms with van der Waals surface area (Å²) < 4.78 is 5.77. The van der Waals surface area contributed by atoms with Crippen LogP contribution in [0.15, 0.2) is 11.4 Å². The number of hydrogen-bond donors (Lipinski definition) is 1. The molecule has 0 amide bonds. The molecule has 1 aromatic heterocycles. The lowest BCUT2D eigenvalue weighted by Crippen LogP contribution is -2.46. The van der Waals surface area contributed by atoms with Crippen LogP contribution in [0.2, 0.25) is 0 Å². The molecule has 1 aromatic rings. The van der Waals surface area contributed by atoms with Crippen LogP contribution in [0.3, 0.4) is 0 Å². The molecule has 2 rings (SSSR count). The number of ether oxygens (including phenoxy) is 1. The first-order valence-electron chi connectivity index (χ1n) is 5.85. The minimum Gasteiger partial charge on any atom is -0.374 e. The number of rotatable bonds is 3. The standard InChI is InChI=1S/C12H20N2OS/c1-3-14-4-5-15-11(7-14)12(13)10-6-9(2)16-8-10/h6,8,11-12H,3-5,7,13H2,1-2H3. The predicted octanol–water partition coefficient (Wildman–Crippen LogP) is 1.78. The van der Waals surface area contributed by atoms with Crippen molar-refractivity contribution in [3.8, 4) is 0 Å². The lowest BCUT2D eigenvalue weighted by Gasteiger charge is -2.34. The van der Waals surface area contributed by atoms with Crippen molar-refractivity contribution in [2.24, 2.45) is 5.73 Å². The highest BCUT2D eigenvalue weighted by molar-refractivity contribution is 7.10. The van der Waals surface area contributed by atoms with Gasteiger partial charge in [0.1, 0.15) is 0 Å². The fourth-order valence-electron chi connectivity index (χ4n) is 2.09. The molecule has 2 atom stereocenters. The van der Waals surface area contributed by atoms with Crippen molar-refractivity contribution in [3.05, 3.63) is 21.9 Å². The second kappa shape index (κ2) is 5.27. The predicted molar refractivity (Wildman–Crippen MR) is 67.8 cm³/mol. The summed E-state index contributed by atoms with van der Waals surface area (Å²) in [6.45, 7) is 8.16. The zero-order valence-electron chi connectivity index (χ0n) is 9.98. The number of nitrogens with two attached hydrogens (primary N) is 1. The van der Waals surface area contributed by atoms with Gasteiger partial charge in [0.05, 0.1) is 18.8 Å². The van der Waals surface area contributed by atoms with Crippen LogP contribution >= 0.6 is 11.3 Å². The van der Waals surface area contributed by atoms with Gasteiger partial charge in [-0.25, -0.2) is 0 Å². The van der Waals surface area contributed by atoms with Gasteiger partial charge in [-0.2, -0.15) is 0 Å². The number of morpholine rings is 1. The number of aryl methyl sites for hydroxylation is 1. The molecule has 2 heterocycles. The van der Waals surface area contributed by atoms with Crippen LogP contribution in [0.5, 0.6) is 0 Å². The topological polar surface area (TPSA) is 38.5 Å². The molecule has 0 spiro atoms. The lowest BCUT2D eigenvalue weighted by atomic mass is 10.0. The summed E-state index contributed by atoms with van der Waals surface area (Å²) in [4.78, 5) is 3.71. The van der Waals surface area contributed by atoms with E-state index >= 15 is 0 Å². The van der Waals surface area contributed by atoms with E-state index in [2.05, 4.69) is 30.2 Å². The highest BCUT2D eigenvalue weighted by Crippen LogP contribution is 2.24. The summed E-state index contributed by atoms with van der Waals surface area (Å²) in [5.41, 5.74) is 7.47. The SMILES string of the molecule is CCN1CCOC(C(N)c2csc(C)c2)C1. The van der Waals surface area contributed by atoms with Crippen LogP contribution in [0.4, 0.5) is 0 Å². The van der Waals surface area contributed by atoms with Crippen molar-refractivity contribution in [2.75, 3.05) is 26.2 Å². The first kappa shape index (κ1) is 12.0. The molecule has 0 aromatic carbocycles. The van der Waals surface area contributed by atoms with E-state index in [-0.39, 0.29) is 12.1 Å². The van der Waals surface area contributed by atoms with Gasteiger partial charge in [0.15, 0.2) is 0 Å². The molecule has 90 valence electrons. The zero-order valence-corrected chi connectivity index (χ0v) is 10.8. The average molecular weight is 240 g/mol. The van der Waals surface area contributed by atoms with Crippen LogP contribution in [0.1, 0.15) is 23.4 Å².